The van der Waals surface area contributed by atoms with Crippen LogP contribution in [0.15, 0.2) is 48.5 Å². The van der Waals surface area contributed by atoms with Crippen molar-refractivity contribution < 1.29 is 19.1 Å². The van der Waals surface area contributed by atoms with Crippen LogP contribution in [0.5, 0.6) is 11.5 Å². The molecule has 0 radical (unpaired) electrons. The molecule has 0 fully saturated rings. The Kier molecular flexibility index (Phi) is 5.11. The van der Waals surface area contributed by atoms with Crippen LogP contribution >= 0.6 is 0 Å². The first-order chi connectivity index (χ1) is 12.5. The lowest BCUT2D eigenvalue weighted by molar-refractivity contribution is -0.128. The highest BCUT2D eigenvalue weighted by Gasteiger charge is 2.37. The topological polar surface area (TPSA) is 67.9 Å². The fourth-order valence-corrected chi connectivity index (χ4v) is 2.92. The molecule has 2 atom stereocenters. The number of carbonyl (C=O) groups is 2. The van der Waals surface area contributed by atoms with Crippen LogP contribution in [0.1, 0.15) is 20.8 Å². The van der Waals surface area contributed by atoms with Crippen LogP contribution in [0.4, 0.5) is 11.4 Å². The number of amides is 2. The molecular formula is C20H22N2O4. The number of rotatable bonds is 5. The molecule has 0 saturated carbocycles. The predicted molar refractivity (Wildman–Crippen MR) is 99.7 cm³/mol. The average Bonchev–Trinajstić information content (AvgIpc) is 2.64. The second kappa shape index (κ2) is 7.47. The van der Waals surface area contributed by atoms with Crippen molar-refractivity contribution in [3.63, 3.8) is 0 Å². The maximum absolute atomic E-state index is 12.8. The van der Waals surface area contributed by atoms with Gasteiger partial charge in [-0.25, -0.2) is 0 Å². The van der Waals surface area contributed by atoms with Crippen molar-refractivity contribution in [1.82, 2.24) is 0 Å². The van der Waals surface area contributed by atoms with Gasteiger partial charge in [0.25, 0.3) is 5.91 Å². The molecule has 6 nitrogen and oxygen atoms in total. The van der Waals surface area contributed by atoms with Gasteiger partial charge in [0.15, 0.2) is 6.10 Å². The Labute approximate surface area is 152 Å². The monoisotopic (exact) mass is 354 g/mol. The maximum atomic E-state index is 12.8. The Morgan fingerprint density at radius 1 is 1.23 bits per heavy atom. The van der Waals surface area contributed by atoms with Gasteiger partial charge in [-0.2, -0.15) is 0 Å². The standard InChI is InChI=1S/C20H22N2O4/c1-4-25-17-11-7-5-9-15(17)21-19(23)13(2)22-16-10-6-8-12-18(16)26-14(3)20(22)24/h5-14H,4H2,1-3H3,(H,21,23). The Morgan fingerprint density at radius 2 is 1.92 bits per heavy atom. The molecule has 0 aliphatic carbocycles. The Bertz CT molecular complexity index is 821. The molecule has 1 aliphatic heterocycles. The van der Waals surface area contributed by atoms with E-state index in [4.69, 9.17) is 9.47 Å². The molecule has 1 N–H and O–H groups in total. The molecule has 6 heteroatoms. The van der Waals surface area contributed by atoms with Crippen LogP contribution in [0.25, 0.3) is 0 Å². The summed E-state index contributed by atoms with van der Waals surface area (Å²) in [7, 11) is 0. The van der Waals surface area contributed by atoms with Crippen LogP contribution in [-0.4, -0.2) is 30.6 Å². The van der Waals surface area contributed by atoms with E-state index in [1.54, 1.807) is 38.1 Å². The first-order valence-electron chi connectivity index (χ1n) is 8.64. The van der Waals surface area contributed by atoms with Gasteiger partial charge < -0.3 is 14.8 Å². The van der Waals surface area contributed by atoms with Crippen molar-refractivity contribution in [2.45, 2.75) is 32.9 Å². The highest BCUT2D eigenvalue weighted by atomic mass is 16.5. The quantitative estimate of drug-likeness (QED) is 0.895. The number of carbonyl (C=O) groups excluding carboxylic acids is 2. The van der Waals surface area contributed by atoms with Gasteiger partial charge in [0, 0.05) is 0 Å². The summed E-state index contributed by atoms with van der Waals surface area (Å²) >= 11 is 0. The molecule has 26 heavy (non-hydrogen) atoms. The summed E-state index contributed by atoms with van der Waals surface area (Å²) in [5.41, 5.74) is 1.17. The SMILES string of the molecule is CCOc1ccccc1NC(=O)C(C)N1C(=O)C(C)Oc2ccccc21. The summed E-state index contributed by atoms with van der Waals surface area (Å²) < 4.78 is 11.2. The number of fused-ring (bicyclic) bond motifs is 1. The Balaban J connectivity index is 1.86. The van der Waals surface area contributed by atoms with Gasteiger partial charge in [0.05, 0.1) is 18.0 Å². The minimum Gasteiger partial charge on any atom is -0.492 e. The first kappa shape index (κ1) is 17.8. The number of nitrogens with one attached hydrogen (secondary N) is 1. The molecule has 1 aliphatic rings. The van der Waals surface area contributed by atoms with Crippen molar-refractivity contribution in [3.8, 4) is 11.5 Å². The van der Waals surface area contributed by atoms with Crippen molar-refractivity contribution in [2.75, 3.05) is 16.8 Å². The van der Waals surface area contributed by atoms with E-state index in [1.807, 2.05) is 31.2 Å². The lowest BCUT2D eigenvalue weighted by Gasteiger charge is -2.36. The van der Waals surface area contributed by atoms with Crippen molar-refractivity contribution in [3.05, 3.63) is 48.5 Å². The molecule has 0 bridgehead atoms. The van der Waals surface area contributed by atoms with Crippen LogP contribution in [-0.2, 0) is 9.59 Å². The van der Waals surface area contributed by atoms with Crippen molar-refractivity contribution in [1.29, 1.82) is 0 Å². The van der Waals surface area contributed by atoms with E-state index < -0.39 is 12.1 Å². The summed E-state index contributed by atoms with van der Waals surface area (Å²) in [4.78, 5) is 27.0. The molecule has 2 unspecified atom stereocenters. The molecule has 0 spiro atoms. The smallest absolute Gasteiger partial charge is 0.268 e. The number of nitrogens with zero attached hydrogens (tertiary/aromatic N) is 1. The highest BCUT2D eigenvalue weighted by molar-refractivity contribution is 6.08. The lowest BCUT2D eigenvalue weighted by Crippen LogP contribution is -2.52. The fourth-order valence-electron chi connectivity index (χ4n) is 2.92. The second-order valence-corrected chi connectivity index (χ2v) is 6.03. The zero-order chi connectivity index (χ0) is 18.7. The number of hydrogen-bond acceptors (Lipinski definition) is 4. The number of ether oxygens (including phenoxy) is 2. The Morgan fingerprint density at radius 3 is 2.69 bits per heavy atom. The van der Waals surface area contributed by atoms with Crippen LogP contribution in [0.3, 0.4) is 0 Å². The summed E-state index contributed by atoms with van der Waals surface area (Å²) in [5.74, 6) is 0.644. The third-order valence-electron chi connectivity index (χ3n) is 4.23. The molecule has 1 heterocycles. The van der Waals surface area contributed by atoms with E-state index in [9.17, 15) is 9.59 Å². The van der Waals surface area contributed by atoms with Gasteiger partial charge in [-0.15, -0.1) is 0 Å². The summed E-state index contributed by atoms with van der Waals surface area (Å²) in [6.07, 6.45) is -0.643. The largest absolute Gasteiger partial charge is 0.492 e. The van der Waals surface area contributed by atoms with Crippen LogP contribution in [0.2, 0.25) is 0 Å². The molecule has 0 aromatic heterocycles. The van der Waals surface area contributed by atoms with Gasteiger partial charge in [-0.3, -0.25) is 14.5 Å². The molecule has 136 valence electrons. The number of hydrogen-bond donors (Lipinski definition) is 1. The number of anilines is 2. The van der Waals surface area contributed by atoms with E-state index in [2.05, 4.69) is 5.32 Å². The first-order valence-corrected chi connectivity index (χ1v) is 8.64. The number of benzene rings is 2. The van der Waals surface area contributed by atoms with Gasteiger partial charge in [-0.1, -0.05) is 24.3 Å². The second-order valence-electron chi connectivity index (χ2n) is 6.03. The summed E-state index contributed by atoms with van der Waals surface area (Å²) in [5, 5.41) is 2.86. The van der Waals surface area contributed by atoms with Crippen LogP contribution < -0.4 is 19.7 Å². The van der Waals surface area contributed by atoms with Gasteiger partial charge in [0.2, 0.25) is 5.91 Å². The minimum atomic E-state index is -0.704. The number of para-hydroxylation sites is 4. The molecule has 3 rings (SSSR count). The van der Waals surface area contributed by atoms with E-state index in [0.717, 1.165) is 0 Å². The molecule has 2 amide bonds. The molecule has 2 aromatic carbocycles. The minimum absolute atomic E-state index is 0.246. The zero-order valence-electron chi connectivity index (χ0n) is 15.1. The fraction of sp³-hybridized carbons (Fsp3) is 0.300. The van der Waals surface area contributed by atoms with E-state index in [0.29, 0.717) is 29.5 Å². The van der Waals surface area contributed by atoms with Crippen molar-refractivity contribution >= 4 is 23.2 Å². The summed E-state index contributed by atoms with van der Waals surface area (Å²) in [6.45, 7) is 5.76. The maximum Gasteiger partial charge on any atom is 0.268 e. The Hall–Kier alpha value is -3.02. The molecule has 0 saturated heterocycles. The van der Waals surface area contributed by atoms with Gasteiger partial charge in [-0.05, 0) is 45.0 Å². The third kappa shape index (κ3) is 3.35. The normalized spacial score (nSPS) is 17.1. The predicted octanol–water partition coefficient (Wildman–Crippen LogP) is 3.23. The van der Waals surface area contributed by atoms with Crippen LogP contribution in [0, 0.1) is 0 Å². The average molecular weight is 354 g/mol. The molecular weight excluding hydrogens is 332 g/mol. The van der Waals surface area contributed by atoms with Gasteiger partial charge in [0.1, 0.15) is 17.5 Å². The summed E-state index contributed by atoms with van der Waals surface area (Å²) in [6, 6.07) is 13.7. The lowest BCUT2D eigenvalue weighted by atomic mass is 10.1. The zero-order valence-corrected chi connectivity index (χ0v) is 15.1. The molecule has 2 aromatic rings. The van der Waals surface area contributed by atoms with Gasteiger partial charge >= 0.3 is 0 Å². The van der Waals surface area contributed by atoms with E-state index >= 15 is 0 Å². The highest BCUT2D eigenvalue weighted by Crippen LogP contribution is 2.35. The third-order valence-corrected chi connectivity index (χ3v) is 4.23. The van der Waals surface area contributed by atoms with E-state index in [-0.39, 0.29) is 11.8 Å². The van der Waals surface area contributed by atoms with E-state index in [1.165, 1.54) is 4.90 Å². The van der Waals surface area contributed by atoms with Crippen molar-refractivity contribution in [2.24, 2.45) is 0 Å².